The van der Waals surface area contributed by atoms with Gasteiger partial charge in [0.1, 0.15) is 0 Å². The standard InChI is InChI=1S/C5H7F2N/c6-5(7)4-2-1-3-8-4/h5H,1-3H2. The maximum absolute atomic E-state index is 11.6. The minimum atomic E-state index is -2.31. The molecule has 0 atom stereocenters. The Hall–Kier alpha value is -0.470. The Kier molecular flexibility index (Phi) is 1.56. The lowest BCUT2D eigenvalue weighted by Crippen LogP contribution is -2.05. The first-order valence-electron chi connectivity index (χ1n) is 2.62. The third-order valence-corrected chi connectivity index (χ3v) is 1.16. The molecule has 1 heterocycles. The molecule has 1 rings (SSSR count). The Morgan fingerprint density at radius 1 is 1.50 bits per heavy atom. The highest BCUT2D eigenvalue weighted by Gasteiger charge is 2.15. The average molecular weight is 119 g/mol. The van der Waals surface area contributed by atoms with Crippen LogP contribution in [0.5, 0.6) is 0 Å². The quantitative estimate of drug-likeness (QED) is 0.495. The Bertz CT molecular complexity index is 109. The van der Waals surface area contributed by atoms with E-state index in [2.05, 4.69) is 4.99 Å². The molecule has 0 aromatic heterocycles. The van der Waals surface area contributed by atoms with E-state index >= 15 is 0 Å². The van der Waals surface area contributed by atoms with E-state index in [1.807, 2.05) is 0 Å². The predicted octanol–water partition coefficient (Wildman–Crippen LogP) is 1.49. The van der Waals surface area contributed by atoms with Gasteiger partial charge >= 0.3 is 0 Å². The topological polar surface area (TPSA) is 12.4 Å². The normalized spacial score (nSPS) is 19.6. The van der Waals surface area contributed by atoms with Crippen molar-refractivity contribution in [3.05, 3.63) is 0 Å². The van der Waals surface area contributed by atoms with Crippen molar-refractivity contribution < 1.29 is 8.78 Å². The fraction of sp³-hybridized carbons (Fsp3) is 0.800. The molecular weight excluding hydrogens is 112 g/mol. The monoisotopic (exact) mass is 119 g/mol. The fourth-order valence-corrected chi connectivity index (χ4v) is 0.740. The van der Waals surface area contributed by atoms with E-state index in [-0.39, 0.29) is 5.71 Å². The minimum Gasteiger partial charge on any atom is -0.288 e. The highest BCUT2D eigenvalue weighted by Crippen LogP contribution is 2.09. The van der Waals surface area contributed by atoms with Crippen LogP contribution in [0.15, 0.2) is 4.99 Å². The zero-order valence-corrected chi connectivity index (χ0v) is 4.40. The summed E-state index contributed by atoms with van der Waals surface area (Å²) < 4.78 is 23.2. The van der Waals surface area contributed by atoms with Gasteiger partial charge in [-0.2, -0.15) is 0 Å². The second kappa shape index (κ2) is 2.20. The van der Waals surface area contributed by atoms with Crippen molar-refractivity contribution in [2.45, 2.75) is 19.3 Å². The molecule has 0 N–H and O–H groups in total. The van der Waals surface area contributed by atoms with Crippen LogP contribution in [0, 0.1) is 0 Å². The Morgan fingerprint density at radius 3 is 2.50 bits per heavy atom. The summed E-state index contributed by atoms with van der Waals surface area (Å²) in [5.41, 5.74) is 0.0880. The zero-order valence-electron chi connectivity index (χ0n) is 4.40. The van der Waals surface area contributed by atoms with Gasteiger partial charge in [-0.25, -0.2) is 8.78 Å². The lowest BCUT2D eigenvalue weighted by atomic mass is 10.3. The van der Waals surface area contributed by atoms with Gasteiger partial charge in [-0.1, -0.05) is 0 Å². The second-order valence-corrected chi connectivity index (χ2v) is 1.78. The summed E-state index contributed by atoms with van der Waals surface area (Å²) in [4.78, 5) is 3.60. The van der Waals surface area contributed by atoms with Crippen molar-refractivity contribution in [3.8, 4) is 0 Å². The molecule has 0 bridgehead atoms. The molecule has 46 valence electrons. The summed E-state index contributed by atoms with van der Waals surface area (Å²) in [5.74, 6) is 0. The molecule has 0 saturated heterocycles. The first-order chi connectivity index (χ1) is 3.80. The molecule has 0 radical (unpaired) electrons. The first-order valence-corrected chi connectivity index (χ1v) is 2.62. The van der Waals surface area contributed by atoms with E-state index in [1.54, 1.807) is 0 Å². The van der Waals surface area contributed by atoms with E-state index in [4.69, 9.17) is 0 Å². The summed E-state index contributed by atoms with van der Waals surface area (Å²) in [6.07, 6.45) is -1.00. The van der Waals surface area contributed by atoms with E-state index in [9.17, 15) is 8.78 Å². The van der Waals surface area contributed by atoms with Gasteiger partial charge < -0.3 is 0 Å². The summed E-state index contributed by atoms with van der Waals surface area (Å²) in [7, 11) is 0. The third-order valence-electron chi connectivity index (χ3n) is 1.16. The van der Waals surface area contributed by atoms with Crippen molar-refractivity contribution in [2.75, 3.05) is 6.54 Å². The second-order valence-electron chi connectivity index (χ2n) is 1.78. The number of nitrogens with zero attached hydrogens (tertiary/aromatic N) is 1. The van der Waals surface area contributed by atoms with Crippen molar-refractivity contribution in [1.82, 2.24) is 0 Å². The van der Waals surface area contributed by atoms with Crippen molar-refractivity contribution in [3.63, 3.8) is 0 Å². The van der Waals surface area contributed by atoms with Gasteiger partial charge in [0.25, 0.3) is 6.43 Å². The van der Waals surface area contributed by atoms with Crippen LogP contribution in [0.3, 0.4) is 0 Å². The summed E-state index contributed by atoms with van der Waals surface area (Å²) in [6.45, 7) is 0.597. The van der Waals surface area contributed by atoms with Gasteiger partial charge in [0.2, 0.25) is 0 Å². The van der Waals surface area contributed by atoms with E-state index in [1.165, 1.54) is 0 Å². The molecule has 3 heteroatoms. The van der Waals surface area contributed by atoms with Crippen molar-refractivity contribution in [2.24, 2.45) is 4.99 Å². The molecule has 0 spiro atoms. The Morgan fingerprint density at radius 2 is 2.25 bits per heavy atom. The van der Waals surface area contributed by atoms with E-state index in [0.717, 1.165) is 6.42 Å². The fourth-order valence-electron chi connectivity index (χ4n) is 0.740. The van der Waals surface area contributed by atoms with Gasteiger partial charge in [-0.3, -0.25) is 4.99 Å². The number of hydrogen-bond acceptors (Lipinski definition) is 1. The maximum atomic E-state index is 11.6. The van der Waals surface area contributed by atoms with Crippen LogP contribution in [0.4, 0.5) is 8.78 Å². The molecular formula is C5H7F2N. The first kappa shape index (κ1) is 5.66. The predicted molar refractivity (Wildman–Crippen MR) is 27.5 cm³/mol. The Labute approximate surface area is 46.4 Å². The van der Waals surface area contributed by atoms with Gasteiger partial charge in [0.05, 0.1) is 5.71 Å². The lowest BCUT2D eigenvalue weighted by molar-refractivity contribution is 0.224. The number of aliphatic imine (C=N–C) groups is 1. The van der Waals surface area contributed by atoms with Gasteiger partial charge in [-0.05, 0) is 12.8 Å². The van der Waals surface area contributed by atoms with Crippen LogP contribution in [-0.2, 0) is 0 Å². The smallest absolute Gasteiger partial charge is 0.276 e. The molecule has 1 nitrogen and oxygen atoms in total. The largest absolute Gasteiger partial charge is 0.288 e. The van der Waals surface area contributed by atoms with Crippen LogP contribution in [-0.4, -0.2) is 18.7 Å². The molecule has 1 aliphatic rings. The average Bonchev–Trinajstić information content (AvgIpc) is 2.12. The Balaban J connectivity index is 2.45. The number of rotatable bonds is 1. The van der Waals surface area contributed by atoms with E-state index in [0.29, 0.717) is 13.0 Å². The molecule has 0 fully saturated rings. The van der Waals surface area contributed by atoms with Gasteiger partial charge in [-0.15, -0.1) is 0 Å². The van der Waals surface area contributed by atoms with Gasteiger partial charge in [0, 0.05) is 6.54 Å². The van der Waals surface area contributed by atoms with Crippen LogP contribution < -0.4 is 0 Å². The maximum Gasteiger partial charge on any atom is 0.276 e. The molecule has 0 unspecified atom stereocenters. The molecule has 0 saturated carbocycles. The van der Waals surface area contributed by atoms with Crippen molar-refractivity contribution in [1.29, 1.82) is 0 Å². The van der Waals surface area contributed by atoms with Crippen LogP contribution in [0.1, 0.15) is 12.8 Å². The molecule has 0 aromatic carbocycles. The van der Waals surface area contributed by atoms with E-state index < -0.39 is 6.43 Å². The summed E-state index contributed by atoms with van der Waals surface area (Å²) in [5, 5.41) is 0. The molecule has 8 heavy (non-hydrogen) atoms. The molecule has 1 aliphatic heterocycles. The molecule has 0 amide bonds. The number of halogens is 2. The summed E-state index contributed by atoms with van der Waals surface area (Å²) >= 11 is 0. The lowest BCUT2D eigenvalue weighted by Gasteiger charge is -1.92. The van der Waals surface area contributed by atoms with Crippen LogP contribution >= 0.6 is 0 Å². The van der Waals surface area contributed by atoms with Crippen LogP contribution in [0.2, 0.25) is 0 Å². The SMILES string of the molecule is FC(F)C1=NCCC1. The van der Waals surface area contributed by atoms with Crippen LogP contribution in [0.25, 0.3) is 0 Å². The number of hydrogen-bond donors (Lipinski definition) is 0. The highest BCUT2D eigenvalue weighted by molar-refractivity contribution is 5.88. The van der Waals surface area contributed by atoms with Gasteiger partial charge in [0.15, 0.2) is 0 Å². The minimum absolute atomic E-state index is 0.0880. The molecule has 0 aliphatic carbocycles. The molecule has 0 aromatic rings. The zero-order chi connectivity index (χ0) is 5.98. The van der Waals surface area contributed by atoms with Crippen molar-refractivity contribution >= 4 is 5.71 Å². The summed E-state index contributed by atoms with van der Waals surface area (Å²) in [6, 6.07) is 0. The number of alkyl halides is 2. The highest BCUT2D eigenvalue weighted by atomic mass is 19.3. The third kappa shape index (κ3) is 1.02.